The molecular weight excluding hydrogens is 422 g/mol. The average molecular weight is 466 g/mol. The zero-order valence-electron chi connectivity index (χ0n) is 21.0. The van der Waals surface area contributed by atoms with Crippen molar-refractivity contribution in [2.75, 3.05) is 27.3 Å². The van der Waals surface area contributed by atoms with Crippen LogP contribution in [0.25, 0.3) is 0 Å². The maximum Gasteiger partial charge on any atom is 0.190 e. The van der Waals surface area contributed by atoms with Gasteiger partial charge in [0.15, 0.2) is 6.23 Å². The lowest BCUT2D eigenvalue weighted by atomic mass is 9.74. The van der Waals surface area contributed by atoms with Crippen molar-refractivity contribution < 1.29 is 31.8 Å². The Kier molecular flexibility index (Phi) is 13.2. The van der Waals surface area contributed by atoms with Gasteiger partial charge in [0.2, 0.25) is 0 Å². The topological polar surface area (TPSA) is 50.0 Å². The van der Waals surface area contributed by atoms with Gasteiger partial charge in [-0.15, -0.1) is 0 Å². The summed E-state index contributed by atoms with van der Waals surface area (Å²) in [6.45, 7) is 12.7. The van der Waals surface area contributed by atoms with Crippen LogP contribution in [-0.4, -0.2) is 43.5 Å². The van der Waals surface area contributed by atoms with Crippen LogP contribution in [0.15, 0.2) is 60.7 Å². The van der Waals surface area contributed by atoms with Gasteiger partial charge in [0.05, 0.1) is 20.7 Å². The molecule has 0 aliphatic heterocycles. The number of hydrogen-bond donors (Lipinski definition) is 0. The van der Waals surface area contributed by atoms with Crippen molar-refractivity contribution in [1.82, 2.24) is 0 Å². The maximum absolute atomic E-state index is 6.37. The van der Waals surface area contributed by atoms with Gasteiger partial charge in [-0.25, -0.2) is 0 Å². The second-order valence-corrected chi connectivity index (χ2v) is 9.77. The molecule has 182 valence electrons. The van der Waals surface area contributed by atoms with Crippen LogP contribution in [0.2, 0.25) is 0 Å². The molecule has 4 nitrogen and oxygen atoms in total. The lowest BCUT2D eigenvalue weighted by Gasteiger charge is -2.53. The van der Waals surface area contributed by atoms with Crippen molar-refractivity contribution in [1.29, 1.82) is 0 Å². The first-order valence-electron chi connectivity index (χ1n) is 11.4. The van der Waals surface area contributed by atoms with Crippen LogP contribution in [0.4, 0.5) is 0 Å². The van der Waals surface area contributed by atoms with Gasteiger partial charge in [-0.1, -0.05) is 76.2 Å². The number of ether oxygens (including phenoxy) is 2. The second-order valence-electron chi connectivity index (χ2n) is 9.77. The minimum atomic E-state index is -0.0106. The van der Waals surface area contributed by atoms with Crippen LogP contribution in [0.5, 0.6) is 5.75 Å². The number of quaternary nitrogens is 1. The molecule has 0 amide bonds. The van der Waals surface area contributed by atoms with Gasteiger partial charge in [0.25, 0.3) is 0 Å². The molecule has 0 aromatic heterocycles. The Morgan fingerprint density at radius 3 is 1.69 bits per heavy atom. The summed E-state index contributed by atoms with van der Waals surface area (Å²) >= 11 is 0. The van der Waals surface area contributed by atoms with E-state index in [0.29, 0.717) is 25.0 Å². The number of para-hydroxylation sites is 1. The van der Waals surface area contributed by atoms with Crippen molar-refractivity contribution in [3.8, 4) is 5.75 Å². The highest BCUT2D eigenvalue weighted by Gasteiger charge is 2.50. The van der Waals surface area contributed by atoms with Crippen LogP contribution < -0.4 is 17.1 Å². The molecule has 32 heavy (non-hydrogen) atoms. The monoisotopic (exact) mass is 465 g/mol. The van der Waals surface area contributed by atoms with Crippen molar-refractivity contribution in [2.24, 2.45) is 11.8 Å². The Morgan fingerprint density at radius 2 is 1.22 bits per heavy atom. The molecule has 2 rings (SSSR count). The molecule has 0 radical (unpaired) electrons. The summed E-state index contributed by atoms with van der Waals surface area (Å²) in [4.78, 5) is 0. The number of halogens is 1. The highest BCUT2D eigenvalue weighted by Crippen LogP contribution is 2.45. The normalized spacial score (nSPS) is 12.8. The van der Waals surface area contributed by atoms with Crippen LogP contribution in [0.1, 0.15) is 53.0 Å². The van der Waals surface area contributed by atoms with E-state index in [1.54, 1.807) is 0 Å². The van der Waals surface area contributed by atoms with Gasteiger partial charge in [-0.05, 0) is 24.0 Å². The van der Waals surface area contributed by atoms with Gasteiger partial charge < -0.3 is 27.4 Å². The van der Waals surface area contributed by atoms with Crippen molar-refractivity contribution in [3.63, 3.8) is 0 Å². The molecule has 0 aliphatic carbocycles. The second kappa shape index (κ2) is 13.8. The molecule has 0 heterocycles. The molecule has 0 aliphatic rings. The van der Waals surface area contributed by atoms with Crippen molar-refractivity contribution in [2.45, 2.75) is 59.2 Å². The van der Waals surface area contributed by atoms with E-state index in [1.807, 2.05) is 30.3 Å². The van der Waals surface area contributed by atoms with Gasteiger partial charge >= 0.3 is 0 Å². The molecule has 0 saturated carbocycles. The van der Waals surface area contributed by atoms with Gasteiger partial charge in [-0.2, -0.15) is 0 Å². The number of benzene rings is 2. The minimum absolute atomic E-state index is 0. The summed E-state index contributed by atoms with van der Waals surface area (Å²) in [6, 6.07) is 21.0. The molecule has 2 N–H and O–H groups in total. The van der Waals surface area contributed by atoms with Crippen LogP contribution in [0.3, 0.4) is 0 Å². The van der Waals surface area contributed by atoms with Crippen LogP contribution >= 0.6 is 0 Å². The minimum Gasteiger partial charge on any atom is -1.00 e. The summed E-state index contributed by atoms with van der Waals surface area (Å²) in [7, 11) is 4.67. The zero-order valence-corrected chi connectivity index (χ0v) is 21.7. The summed E-state index contributed by atoms with van der Waals surface area (Å²) in [5, 5.41) is 0. The molecule has 2 aromatic rings. The number of hydrogen-bond acceptors (Lipinski definition) is 2. The zero-order chi connectivity index (χ0) is 22.2. The van der Waals surface area contributed by atoms with Crippen LogP contribution in [0, 0.1) is 11.8 Å². The van der Waals surface area contributed by atoms with E-state index in [0.717, 1.165) is 23.1 Å². The van der Waals surface area contributed by atoms with Gasteiger partial charge in [-0.3, -0.25) is 4.48 Å². The SMILES string of the molecule is CC(C)CC(CC(C)C)(c1ccccc1)[N+](C)(C)C(C)OCCOc1ccccc1.O.[Cl-]. The molecule has 0 saturated heterocycles. The van der Waals surface area contributed by atoms with Gasteiger partial charge in [0, 0.05) is 25.3 Å². The van der Waals surface area contributed by atoms with E-state index in [-0.39, 0.29) is 29.7 Å². The predicted molar refractivity (Wildman–Crippen MR) is 130 cm³/mol. The lowest BCUT2D eigenvalue weighted by molar-refractivity contribution is -0.991. The summed E-state index contributed by atoms with van der Waals surface area (Å²) in [5.74, 6) is 2.07. The Bertz CT molecular complexity index is 725. The molecule has 1 atom stereocenters. The largest absolute Gasteiger partial charge is 1.00 e. The van der Waals surface area contributed by atoms with E-state index >= 15 is 0 Å². The fourth-order valence-corrected chi connectivity index (χ4v) is 4.65. The first-order chi connectivity index (χ1) is 14.2. The lowest BCUT2D eigenvalue weighted by Crippen LogP contribution is -3.00. The Hall–Kier alpha value is -1.59. The Morgan fingerprint density at radius 1 is 0.750 bits per heavy atom. The molecule has 2 aromatic carbocycles. The van der Waals surface area contributed by atoms with Crippen molar-refractivity contribution >= 4 is 0 Å². The quantitative estimate of drug-likeness (QED) is 0.275. The third kappa shape index (κ3) is 7.77. The summed E-state index contributed by atoms with van der Waals surface area (Å²) < 4.78 is 13.0. The average Bonchev–Trinajstić information content (AvgIpc) is 2.71. The smallest absolute Gasteiger partial charge is 0.190 e. The summed E-state index contributed by atoms with van der Waals surface area (Å²) in [6.07, 6.45) is 2.29. The highest BCUT2D eigenvalue weighted by atomic mass is 35.5. The molecular formula is C27H44ClNO3. The molecule has 1 unspecified atom stereocenters. The standard InChI is InChI=1S/C27H42NO2.ClH.H2O/c1-22(2)20-27(21-23(3)4,25-14-10-8-11-15-25)28(6,7)24(5)29-18-19-30-26-16-12-9-13-17-26;;/h8-17,22-24H,18-21H2,1-7H3;1H;1H2/q+1;;/p-1. The number of nitrogens with zero attached hydrogens (tertiary/aromatic N) is 1. The maximum atomic E-state index is 6.37. The first-order valence-corrected chi connectivity index (χ1v) is 11.4. The Labute approximate surface area is 202 Å². The molecule has 0 spiro atoms. The Balaban J connectivity index is 0.00000480. The van der Waals surface area contributed by atoms with E-state index in [4.69, 9.17) is 9.47 Å². The van der Waals surface area contributed by atoms with E-state index in [9.17, 15) is 0 Å². The third-order valence-corrected chi connectivity index (χ3v) is 6.27. The third-order valence-electron chi connectivity index (χ3n) is 6.27. The first kappa shape index (κ1) is 30.4. The van der Waals surface area contributed by atoms with E-state index in [2.05, 4.69) is 79.0 Å². The molecule has 5 heteroatoms. The number of rotatable bonds is 12. The van der Waals surface area contributed by atoms with Crippen molar-refractivity contribution in [3.05, 3.63) is 66.2 Å². The van der Waals surface area contributed by atoms with Crippen LogP contribution in [-0.2, 0) is 10.3 Å². The predicted octanol–water partition coefficient (Wildman–Crippen LogP) is 2.67. The highest BCUT2D eigenvalue weighted by molar-refractivity contribution is 5.23. The molecule has 0 fully saturated rings. The van der Waals surface area contributed by atoms with E-state index < -0.39 is 0 Å². The molecule has 0 bridgehead atoms. The fraction of sp³-hybridized carbons (Fsp3) is 0.556. The summed E-state index contributed by atoms with van der Waals surface area (Å²) in [5.41, 5.74) is 1.40. The van der Waals surface area contributed by atoms with E-state index in [1.165, 1.54) is 5.56 Å². The fourth-order valence-electron chi connectivity index (χ4n) is 4.65. The van der Waals surface area contributed by atoms with Gasteiger partial charge in [0.1, 0.15) is 17.9 Å².